The van der Waals surface area contributed by atoms with E-state index in [2.05, 4.69) is 31.6 Å². The summed E-state index contributed by atoms with van der Waals surface area (Å²) in [5.41, 5.74) is 3.27. The zero-order chi connectivity index (χ0) is 22.9. The highest BCUT2D eigenvalue weighted by Gasteiger charge is 2.25. The maximum Gasteiger partial charge on any atom is 0.286 e. The molecule has 0 aliphatic carbocycles. The Hall–Kier alpha value is -4.18. The van der Waals surface area contributed by atoms with Crippen LogP contribution in [0.1, 0.15) is 6.92 Å². The summed E-state index contributed by atoms with van der Waals surface area (Å²) in [6.45, 7) is 5.45. The summed E-state index contributed by atoms with van der Waals surface area (Å²) in [4.78, 5) is 21.0. The number of aromatic nitrogens is 7. The molecule has 5 aromatic rings. The van der Waals surface area contributed by atoms with Crippen molar-refractivity contribution in [1.29, 1.82) is 0 Å². The summed E-state index contributed by atoms with van der Waals surface area (Å²) in [6, 6.07) is 13.5. The van der Waals surface area contributed by atoms with Gasteiger partial charge < -0.3 is 18.6 Å². The van der Waals surface area contributed by atoms with E-state index < -0.39 is 0 Å². The van der Waals surface area contributed by atoms with E-state index in [1.54, 1.807) is 12.4 Å². The van der Waals surface area contributed by atoms with Crippen molar-refractivity contribution in [3.63, 3.8) is 0 Å². The topological polar surface area (TPSA) is 108 Å². The van der Waals surface area contributed by atoms with Gasteiger partial charge in [0.2, 0.25) is 11.7 Å². The van der Waals surface area contributed by atoms with Crippen LogP contribution in [0.15, 0.2) is 59.3 Å². The lowest BCUT2D eigenvalue weighted by Crippen LogP contribution is -2.37. The SMILES string of the molecule is CCn1c(-c2ccncc2)nc2c(N3CCOCC3)nc(-c3nnc(-c4ccccc4)o3)nc21. The normalized spacial score (nSPS) is 14.1. The number of nitrogens with zero attached hydrogens (tertiary/aromatic N) is 8. The Morgan fingerprint density at radius 1 is 0.853 bits per heavy atom. The van der Waals surface area contributed by atoms with Crippen molar-refractivity contribution in [2.75, 3.05) is 31.2 Å². The second-order valence-electron chi connectivity index (χ2n) is 7.84. The number of ether oxygens (including phenoxy) is 1. The number of morpholine rings is 1. The summed E-state index contributed by atoms with van der Waals surface area (Å²) in [5, 5.41) is 8.47. The van der Waals surface area contributed by atoms with E-state index in [0.29, 0.717) is 44.6 Å². The molecule has 1 aromatic carbocycles. The second-order valence-corrected chi connectivity index (χ2v) is 7.84. The van der Waals surface area contributed by atoms with E-state index in [1.165, 1.54) is 0 Å². The number of aryl methyl sites for hydroxylation is 1. The molecule has 1 saturated heterocycles. The fraction of sp³-hybridized carbons (Fsp3) is 0.250. The van der Waals surface area contributed by atoms with Gasteiger partial charge in [-0.15, -0.1) is 10.2 Å². The van der Waals surface area contributed by atoms with Gasteiger partial charge in [-0.25, -0.2) is 15.0 Å². The smallest absolute Gasteiger partial charge is 0.286 e. The average Bonchev–Trinajstić information content (AvgIpc) is 3.55. The molecule has 6 rings (SSSR count). The molecule has 0 amide bonds. The van der Waals surface area contributed by atoms with Crippen LogP contribution in [0.2, 0.25) is 0 Å². The molecular formula is C24H22N8O2. The molecule has 1 fully saturated rings. The van der Waals surface area contributed by atoms with Gasteiger partial charge in [0.15, 0.2) is 17.0 Å². The molecule has 0 bridgehead atoms. The maximum atomic E-state index is 5.98. The van der Waals surface area contributed by atoms with Crippen molar-refractivity contribution < 1.29 is 9.15 Å². The van der Waals surface area contributed by atoms with Crippen molar-refractivity contribution >= 4 is 17.0 Å². The molecule has 34 heavy (non-hydrogen) atoms. The standard InChI is InChI=1S/C24H22N8O2/c1-2-32-20(16-8-10-25-11-9-16)26-18-21(31-12-14-33-15-13-31)27-19(28-22(18)32)24-30-29-23(34-24)17-6-4-3-5-7-17/h3-11H,2,12-15H2,1H3. The highest BCUT2D eigenvalue weighted by atomic mass is 16.5. The number of hydrogen-bond donors (Lipinski definition) is 0. The highest BCUT2D eigenvalue weighted by molar-refractivity contribution is 5.88. The molecular weight excluding hydrogens is 432 g/mol. The van der Waals surface area contributed by atoms with Crippen LogP contribution in [0.25, 0.3) is 45.7 Å². The lowest BCUT2D eigenvalue weighted by Gasteiger charge is -2.27. The lowest BCUT2D eigenvalue weighted by atomic mass is 10.2. The summed E-state index contributed by atoms with van der Waals surface area (Å²) in [6.07, 6.45) is 3.52. The van der Waals surface area contributed by atoms with Crippen LogP contribution >= 0.6 is 0 Å². The third-order valence-electron chi connectivity index (χ3n) is 5.78. The number of benzene rings is 1. The molecule has 10 nitrogen and oxygen atoms in total. The number of fused-ring (bicyclic) bond motifs is 1. The Kier molecular flexibility index (Phi) is 5.19. The highest BCUT2D eigenvalue weighted by Crippen LogP contribution is 2.32. The largest absolute Gasteiger partial charge is 0.413 e. The van der Waals surface area contributed by atoms with Crippen LogP contribution in [0, 0.1) is 0 Å². The van der Waals surface area contributed by atoms with E-state index >= 15 is 0 Å². The predicted octanol–water partition coefficient (Wildman–Crippen LogP) is 3.46. The summed E-state index contributed by atoms with van der Waals surface area (Å²) in [5.74, 6) is 2.62. The van der Waals surface area contributed by atoms with Crippen LogP contribution in [-0.4, -0.2) is 61.0 Å². The molecule has 0 spiro atoms. The van der Waals surface area contributed by atoms with Crippen LogP contribution in [-0.2, 0) is 11.3 Å². The van der Waals surface area contributed by atoms with Crippen molar-refractivity contribution in [1.82, 2.24) is 34.7 Å². The second kappa shape index (κ2) is 8.64. The first kappa shape index (κ1) is 20.4. The fourth-order valence-electron chi connectivity index (χ4n) is 4.11. The van der Waals surface area contributed by atoms with Gasteiger partial charge in [0, 0.05) is 43.2 Å². The zero-order valence-electron chi connectivity index (χ0n) is 18.6. The van der Waals surface area contributed by atoms with Gasteiger partial charge in [0.1, 0.15) is 5.82 Å². The molecule has 0 radical (unpaired) electrons. The molecule has 0 N–H and O–H groups in total. The lowest BCUT2D eigenvalue weighted by molar-refractivity contribution is 0.122. The van der Waals surface area contributed by atoms with Crippen LogP contribution in [0.5, 0.6) is 0 Å². The number of rotatable bonds is 5. The first-order valence-corrected chi connectivity index (χ1v) is 11.2. The average molecular weight is 454 g/mol. The van der Waals surface area contributed by atoms with Crippen molar-refractivity contribution in [3.05, 3.63) is 54.9 Å². The third-order valence-corrected chi connectivity index (χ3v) is 5.78. The minimum atomic E-state index is 0.268. The predicted molar refractivity (Wildman–Crippen MR) is 126 cm³/mol. The van der Waals surface area contributed by atoms with Crippen LogP contribution in [0.4, 0.5) is 5.82 Å². The van der Waals surface area contributed by atoms with Gasteiger partial charge in [-0.1, -0.05) is 18.2 Å². The molecule has 5 heterocycles. The molecule has 1 aliphatic heterocycles. The van der Waals surface area contributed by atoms with E-state index in [9.17, 15) is 0 Å². The quantitative estimate of drug-likeness (QED) is 0.394. The number of hydrogen-bond acceptors (Lipinski definition) is 9. The minimum Gasteiger partial charge on any atom is -0.413 e. The van der Waals surface area contributed by atoms with E-state index in [4.69, 9.17) is 24.1 Å². The Bertz CT molecular complexity index is 1430. The molecule has 4 aromatic heterocycles. The van der Waals surface area contributed by atoms with Crippen molar-refractivity contribution in [2.45, 2.75) is 13.5 Å². The van der Waals surface area contributed by atoms with E-state index in [-0.39, 0.29) is 5.89 Å². The number of imidazole rings is 1. The summed E-state index contributed by atoms with van der Waals surface area (Å²) in [7, 11) is 0. The molecule has 10 heteroatoms. The van der Waals surface area contributed by atoms with Gasteiger partial charge in [-0.2, -0.15) is 0 Å². The van der Waals surface area contributed by atoms with Crippen molar-refractivity contribution in [3.8, 4) is 34.6 Å². The Morgan fingerprint density at radius 2 is 1.62 bits per heavy atom. The van der Waals surface area contributed by atoms with Gasteiger partial charge in [0.05, 0.1) is 13.2 Å². The van der Waals surface area contributed by atoms with Crippen molar-refractivity contribution in [2.24, 2.45) is 0 Å². The minimum absolute atomic E-state index is 0.268. The van der Waals surface area contributed by atoms with Gasteiger partial charge in [-0.05, 0) is 31.2 Å². The molecule has 0 saturated carbocycles. The van der Waals surface area contributed by atoms with Crippen LogP contribution < -0.4 is 4.90 Å². The van der Waals surface area contributed by atoms with Gasteiger partial charge >= 0.3 is 0 Å². The van der Waals surface area contributed by atoms with Gasteiger partial charge in [0.25, 0.3) is 5.89 Å². The summed E-state index contributed by atoms with van der Waals surface area (Å²) >= 11 is 0. The fourth-order valence-corrected chi connectivity index (χ4v) is 4.11. The Labute approximate surface area is 195 Å². The van der Waals surface area contributed by atoms with E-state index in [0.717, 1.165) is 33.9 Å². The molecule has 0 atom stereocenters. The Balaban J connectivity index is 1.54. The number of pyridine rings is 1. The molecule has 0 unspecified atom stereocenters. The molecule has 1 aliphatic rings. The summed E-state index contributed by atoms with van der Waals surface area (Å²) < 4.78 is 13.6. The zero-order valence-corrected chi connectivity index (χ0v) is 18.6. The Morgan fingerprint density at radius 3 is 2.38 bits per heavy atom. The van der Waals surface area contributed by atoms with Gasteiger partial charge in [-0.3, -0.25) is 4.98 Å². The maximum absolute atomic E-state index is 5.98. The van der Waals surface area contributed by atoms with Crippen LogP contribution in [0.3, 0.4) is 0 Å². The molecule has 170 valence electrons. The first-order chi connectivity index (χ1) is 16.8. The first-order valence-electron chi connectivity index (χ1n) is 11.2. The monoisotopic (exact) mass is 454 g/mol. The third kappa shape index (κ3) is 3.57. The van der Waals surface area contributed by atoms with E-state index in [1.807, 2.05) is 42.5 Å². The number of anilines is 1.